The van der Waals surface area contributed by atoms with Gasteiger partial charge in [-0.05, 0) is 50.5 Å². The largest absolute Gasteiger partial charge is 0.458 e. The fourth-order valence-electron chi connectivity index (χ4n) is 2.12. The lowest BCUT2D eigenvalue weighted by molar-refractivity contribution is -0.159. The van der Waals surface area contributed by atoms with E-state index in [-0.39, 0.29) is 11.8 Å². The molecule has 0 aliphatic rings. The number of benzene rings is 1. The van der Waals surface area contributed by atoms with E-state index >= 15 is 0 Å². The molecular formula is C20H26N2O3. The van der Waals surface area contributed by atoms with Gasteiger partial charge in [-0.2, -0.15) is 5.26 Å². The van der Waals surface area contributed by atoms with Gasteiger partial charge in [0.15, 0.2) is 0 Å². The molecule has 1 N–H and O–H groups in total. The molecule has 0 fully saturated rings. The number of ether oxygens (including phenoxy) is 1. The van der Waals surface area contributed by atoms with E-state index in [0.29, 0.717) is 5.56 Å². The first kappa shape index (κ1) is 20.4. The predicted octanol–water partition coefficient (Wildman–Crippen LogP) is 3.44. The molecular weight excluding hydrogens is 316 g/mol. The Morgan fingerprint density at radius 1 is 1.36 bits per heavy atom. The summed E-state index contributed by atoms with van der Waals surface area (Å²) >= 11 is 0. The zero-order valence-electron chi connectivity index (χ0n) is 15.5. The normalized spacial score (nSPS) is 13.8. The number of esters is 1. The third kappa shape index (κ3) is 7.21. The molecule has 1 rings (SSSR count). The fraction of sp³-hybridized carbons (Fsp3) is 0.450. The van der Waals surface area contributed by atoms with Gasteiger partial charge in [-0.1, -0.05) is 32.4 Å². The average molecular weight is 342 g/mol. The van der Waals surface area contributed by atoms with E-state index in [1.54, 1.807) is 51.1 Å². The summed E-state index contributed by atoms with van der Waals surface area (Å²) < 4.78 is 5.40. The minimum Gasteiger partial charge on any atom is -0.458 e. The van der Waals surface area contributed by atoms with Gasteiger partial charge in [-0.25, -0.2) is 4.79 Å². The molecule has 0 bridgehead atoms. The van der Waals surface area contributed by atoms with Crippen LogP contribution >= 0.6 is 0 Å². The standard InChI is InChI=1S/C20H26N2O3/c1-6-14(2)18(19(24)25-20(3,4)5)22-17(23)11-10-15-8-7-9-16(12-15)13-21/h7-12,14,18H,6H2,1-5H3,(H,22,23)/t14-,18-/m0/s1. The molecule has 0 aliphatic carbocycles. The van der Waals surface area contributed by atoms with Crippen molar-refractivity contribution in [3.8, 4) is 6.07 Å². The molecule has 0 saturated carbocycles. The summed E-state index contributed by atoms with van der Waals surface area (Å²) in [6.45, 7) is 9.24. The maximum atomic E-state index is 12.4. The van der Waals surface area contributed by atoms with Crippen LogP contribution in [-0.2, 0) is 14.3 Å². The summed E-state index contributed by atoms with van der Waals surface area (Å²) in [6, 6.07) is 8.27. The highest BCUT2D eigenvalue weighted by Gasteiger charge is 2.29. The Hall–Kier alpha value is -2.61. The molecule has 0 heterocycles. The lowest BCUT2D eigenvalue weighted by atomic mass is 9.98. The number of nitriles is 1. The van der Waals surface area contributed by atoms with E-state index in [4.69, 9.17) is 10.00 Å². The van der Waals surface area contributed by atoms with Gasteiger partial charge < -0.3 is 10.1 Å². The minimum absolute atomic E-state index is 0.0471. The number of nitrogens with zero attached hydrogens (tertiary/aromatic N) is 1. The molecule has 0 aliphatic heterocycles. The number of nitrogens with one attached hydrogen (secondary N) is 1. The number of hydrogen-bond donors (Lipinski definition) is 1. The van der Waals surface area contributed by atoms with Crippen LogP contribution in [0.4, 0.5) is 0 Å². The lowest BCUT2D eigenvalue weighted by Gasteiger charge is -2.27. The summed E-state index contributed by atoms with van der Waals surface area (Å²) in [7, 11) is 0. The van der Waals surface area contributed by atoms with Crippen molar-refractivity contribution in [1.29, 1.82) is 5.26 Å². The predicted molar refractivity (Wildman–Crippen MR) is 97.4 cm³/mol. The summed E-state index contributed by atoms with van der Waals surface area (Å²) in [6.07, 6.45) is 3.70. The van der Waals surface area contributed by atoms with Crippen molar-refractivity contribution in [3.63, 3.8) is 0 Å². The van der Waals surface area contributed by atoms with Crippen molar-refractivity contribution in [2.24, 2.45) is 5.92 Å². The van der Waals surface area contributed by atoms with Crippen LogP contribution in [0.15, 0.2) is 30.3 Å². The van der Waals surface area contributed by atoms with Crippen LogP contribution < -0.4 is 5.32 Å². The van der Waals surface area contributed by atoms with Crippen molar-refractivity contribution < 1.29 is 14.3 Å². The van der Waals surface area contributed by atoms with Crippen LogP contribution in [0.5, 0.6) is 0 Å². The highest BCUT2D eigenvalue weighted by atomic mass is 16.6. The van der Waals surface area contributed by atoms with Crippen LogP contribution in [-0.4, -0.2) is 23.5 Å². The Morgan fingerprint density at radius 2 is 2.04 bits per heavy atom. The van der Waals surface area contributed by atoms with Gasteiger partial charge in [0.1, 0.15) is 11.6 Å². The summed E-state index contributed by atoms with van der Waals surface area (Å²) in [5.74, 6) is -0.859. The molecule has 1 amide bonds. The SMILES string of the molecule is CC[C@H](C)[C@H](NC(=O)C=Cc1cccc(C#N)c1)C(=O)OC(C)(C)C. The molecule has 0 spiro atoms. The second kappa shape index (κ2) is 9.03. The van der Waals surface area contributed by atoms with Crippen LogP contribution in [0.3, 0.4) is 0 Å². The highest BCUT2D eigenvalue weighted by Crippen LogP contribution is 2.15. The first-order valence-electron chi connectivity index (χ1n) is 8.38. The Kier molecular flexibility index (Phi) is 7.38. The average Bonchev–Trinajstić information content (AvgIpc) is 2.55. The molecule has 25 heavy (non-hydrogen) atoms. The van der Waals surface area contributed by atoms with Crippen molar-refractivity contribution in [1.82, 2.24) is 5.32 Å². The van der Waals surface area contributed by atoms with E-state index in [9.17, 15) is 9.59 Å². The number of hydrogen-bond acceptors (Lipinski definition) is 4. The first-order chi connectivity index (χ1) is 11.7. The zero-order valence-corrected chi connectivity index (χ0v) is 15.5. The Labute approximate surface area is 149 Å². The second-order valence-corrected chi connectivity index (χ2v) is 6.98. The van der Waals surface area contributed by atoms with Gasteiger partial charge in [0.25, 0.3) is 0 Å². The van der Waals surface area contributed by atoms with E-state index in [1.807, 2.05) is 13.8 Å². The van der Waals surface area contributed by atoms with Crippen molar-refractivity contribution in [2.75, 3.05) is 0 Å². The van der Waals surface area contributed by atoms with Gasteiger partial charge in [0.2, 0.25) is 5.91 Å². The third-order valence-electron chi connectivity index (χ3n) is 3.61. The van der Waals surface area contributed by atoms with Crippen molar-refractivity contribution in [2.45, 2.75) is 52.7 Å². The number of amides is 1. The van der Waals surface area contributed by atoms with E-state index in [1.165, 1.54) is 6.08 Å². The van der Waals surface area contributed by atoms with Gasteiger partial charge in [-0.3, -0.25) is 4.79 Å². The zero-order chi connectivity index (χ0) is 19.0. The quantitative estimate of drug-likeness (QED) is 0.634. The van der Waals surface area contributed by atoms with E-state index < -0.39 is 17.6 Å². The van der Waals surface area contributed by atoms with Gasteiger partial charge in [0.05, 0.1) is 11.6 Å². The van der Waals surface area contributed by atoms with Gasteiger partial charge in [-0.15, -0.1) is 0 Å². The maximum absolute atomic E-state index is 12.4. The molecule has 5 heteroatoms. The van der Waals surface area contributed by atoms with E-state index in [0.717, 1.165) is 12.0 Å². The topological polar surface area (TPSA) is 79.2 Å². The first-order valence-corrected chi connectivity index (χ1v) is 8.38. The smallest absolute Gasteiger partial charge is 0.329 e. The summed E-state index contributed by atoms with van der Waals surface area (Å²) in [4.78, 5) is 24.6. The Morgan fingerprint density at radius 3 is 2.60 bits per heavy atom. The van der Waals surface area contributed by atoms with Gasteiger partial charge in [0, 0.05) is 6.08 Å². The van der Waals surface area contributed by atoms with E-state index in [2.05, 4.69) is 11.4 Å². The maximum Gasteiger partial charge on any atom is 0.329 e. The molecule has 0 unspecified atom stereocenters. The minimum atomic E-state index is -0.702. The Bertz CT molecular complexity index is 681. The molecule has 0 radical (unpaired) electrons. The molecule has 1 aromatic carbocycles. The monoisotopic (exact) mass is 342 g/mol. The van der Waals surface area contributed by atoms with Crippen LogP contribution in [0.1, 0.15) is 52.2 Å². The van der Waals surface area contributed by atoms with Crippen LogP contribution in [0.2, 0.25) is 0 Å². The molecule has 0 aromatic heterocycles. The highest BCUT2D eigenvalue weighted by molar-refractivity contribution is 5.94. The molecule has 0 saturated heterocycles. The number of rotatable bonds is 6. The number of carbonyl (C=O) groups is 2. The third-order valence-corrected chi connectivity index (χ3v) is 3.61. The molecule has 1 aromatic rings. The molecule has 134 valence electrons. The van der Waals surface area contributed by atoms with Crippen LogP contribution in [0, 0.1) is 17.2 Å². The van der Waals surface area contributed by atoms with Gasteiger partial charge >= 0.3 is 5.97 Å². The Balaban J connectivity index is 2.82. The van der Waals surface area contributed by atoms with Crippen LogP contribution in [0.25, 0.3) is 6.08 Å². The fourth-order valence-corrected chi connectivity index (χ4v) is 2.12. The molecule has 5 nitrogen and oxygen atoms in total. The van der Waals surface area contributed by atoms with Crippen molar-refractivity contribution >= 4 is 18.0 Å². The lowest BCUT2D eigenvalue weighted by Crippen LogP contribution is -2.47. The molecule has 2 atom stereocenters. The van der Waals surface area contributed by atoms with Crippen molar-refractivity contribution in [3.05, 3.63) is 41.5 Å². The summed E-state index contributed by atoms with van der Waals surface area (Å²) in [5.41, 5.74) is 0.654. The summed E-state index contributed by atoms with van der Waals surface area (Å²) in [5, 5.41) is 11.6. The second-order valence-electron chi connectivity index (χ2n) is 6.98. The number of carbonyl (C=O) groups excluding carboxylic acids is 2.